The van der Waals surface area contributed by atoms with Crippen LogP contribution < -0.4 is 0 Å². The van der Waals surface area contributed by atoms with Crippen LogP contribution in [0.15, 0.2) is 23.3 Å². The van der Waals surface area contributed by atoms with Crippen LogP contribution in [0.2, 0.25) is 0 Å². The minimum Gasteiger partial charge on any atom is -0.461 e. The standard InChI is InChI=1S/C31H48O7/c1-11-17(2)16-35-24-14-18(3)26-25(37-21(6)33)15-31(10)13-12-23(36-20(5)32)19(4)27(31)29(38-22(7)34)28(24)30(26,8)9/h17,23-25,27-29H,4,11-16H2,1-3,5-10H3/t17-,23-,24-,25-,27-,28-,29-,31-/m0/s1. The predicted octanol–water partition coefficient (Wildman–Crippen LogP) is 5.95. The molecule has 7 heteroatoms. The number of hydrogen-bond acceptors (Lipinski definition) is 7. The average Bonchev–Trinajstić information content (AvgIpc) is 2.76. The van der Waals surface area contributed by atoms with Crippen molar-refractivity contribution in [2.24, 2.45) is 28.6 Å². The normalized spacial score (nSPS) is 35.3. The zero-order valence-electron chi connectivity index (χ0n) is 24.8. The largest absolute Gasteiger partial charge is 0.461 e. The van der Waals surface area contributed by atoms with Gasteiger partial charge in [-0.25, -0.2) is 0 Å². The molecule has 0 aromatic carbocycles. The molecule has 0 heterocycles. The summed E-state index contributed by atoms with van der Waals surface area (Å²) in [6, 6.07) is 0. The fraction of sp³-hybridized carbons (Fsp3) is 0.774. The first-order chi connectivity index (χ1) is 17.6. The van der Waals surface area contributed by atoms with Gasteiger partial charge in [-0.15, -0.1) is 0 Å². The van der Waals surface area contributed by atoms with E-state index < -0.39 is 29.1 Å². The summed E-state index contributed by atoms with van der Waals surface area (Å²) in [7, 11) is 0. The molecule has 3 rings (SSSR count). The van der Waals surface area contributed by atoms with Gasteiger partial charge in [0.15, 0.2) is 0 Å². The summed E-state index contributed by atoms with van der Waals surface area (Å²) in [6.07, 6.45) is 1.96. The molecule has 2 saturated carbocycles. The highest BCUT2D eigenvalue weighted by atomic mass is 16.6. The fourth-order valence-corrected chi connectivity index (χ4v) is 7.60. The first-order valence-electron chi connectivity index (χ1n) is 14.1. The highest BCUT2D eigenvalue weighted by Crippen LogP contribution is 2.60. The van der Waals surface area contributed by atoms with Crippen LogP contribution >= 0.6 is 0 Å². The zero-order chi connectivity index (χ0) is 28.6. The number of rotatable bonds is 7. The van der Waals surface area contributed by atoms with Gasteiger partial charge in [-0.05, 0) is 60.5 Å². The topological polar surface area (TPSA) is 88.1 Å². The molecule has 0 amide bonds. The monoisotopic (exact) mass is 532 g/mol. The molecule has 2 bridgehead atoms. The third-order valence-corrected chi connectivity index (χ3v) is 9.30. The lowest BCUT2D eigenvalue weighted by Gasteiger charge is -2.59. The summed E-state index contributed by atoms with van der Waals surface area (Å²) in [5.41, 5.74) is 2.12. The maximum atomic E-state index is 12.7. The number of ether oxygens (including phenoxy) is 4. The lowest BCUT2D eigenvalue weighted by atomic mass is 9.50. The molecule has 0 aromatic rings. The van der Waals surface area contributed by atoms with Gasteiger partial charge in [-0.3, -0.25) is 14.4 Å². The van der Waals surface area contributed by atoms with Crippen molar-refractivity contribution < 1.29 is 33.3 Å². The molecular weight excluding hydrogens is 484 g/mol. The highest BCUT2D eigenvalue weighted by molar-refractivity contribution is 5.68. The van der Waals surface area contributed by atoms with E-state index in [0.717, 1.165) is 17.6 Å². The first-order valence-corrected chi connectivity index (χ1v) is 14.1. The van der Waals surface area contributed by atoms with E-state index in [1.54, 1.807) is 0 Å². The molecule has 0 radical (unpaired) electrons. The van der Waals surface area contributed by atoms with Gasteiger partial charge in [0, 0.05) is 39.2 Å². The van der Waals surface area contributed by atoms with Gasteiger partial charge in [0.1, 0.15) is 18.3 Å². The lowest BCUT2D eigenvalue weighted by Crippen LogP contribution is -2.60. The van der Waals surface area contributed by atoms with E-state index in [2.05, 4.69) is 48.1 Å². The van der Waals surface area contributed by atoms with E-state index >= 15 is 0 Å². The van der Waals surface area contributed by atoms with Crippen molar-refractivity contribution in [3.63, 3.8) is 0 Å². The zero-order valence-corrected chi connectivity index (χ0v) is 24.8. The maximum Gasteiger partial charge on any atom is 0.303 e. The lowest BCUT2D eigenvalue weighted by molar-refractivity contribution is -0.184. The van der Waals surface area contributed by atoms with E-state index in [-0.39, 0.29) is 35.8 Å². The van der Waals surface area contributed by atoms with Gasteiger partial charge in [-0.2, -0.15) is 0 Å². The molecule has 0 spiro atoms. The van der Waals surface area contributed by atoms with E-state index in [1.165, 1.54) is 26.3 Å². The molecule has 7 nitrogen and oxygen atoms in total. The average molecular weight is 533 g/mol. The molecule has 0 aliphatic heterocycles. The van der Waals surface area contributed by atoms with Gasteiger partial charge >= 0.3 is 17.9 Å². The van der Waals surface area contributed by atoms with Crippen molar-refractivity contribution in [2.45, 2.75) is 119 Å². The third kappa shape index (κ3) is 6.03. The van der Waals surface area contributed by atoms with Crippen LogP contribution in [0, 0.1) is 28.6 Å². The van der Waals surface area contributed by atoms with Crippen molar-refractivity contribution in [1.29, 1.82) is 0 Å². The van der Waals surface area contributed by atoms with Crippen LogP contribution in [0.4, 0.5) is 0 Å². The van der Waals surface area contributed by atoms with Gasteiger partial charge in [0.25, 0.3) is 0 Å². The van der Waals surface area contributed by atoms with E-state index in [1.807, 2.05) is 0 Å². The quantitative estimate of drug-likeness (QED) is 0.227. The Morgan fingerprint density at radius 2 is 1.58 bits per heavy atom. The molecule has 3 aliphatic rings. The Morgan fingerprint density at radius 3 is 2.13 bits per heavy atom. The Bertz CT molecular complexity index is 979. The second-order valence-corrected chi connectivity index (χ2v) is 12.8. The molecular formula is C31H48O7. The smallest absolute Gasteiger partial charge is 0.303 e. The number of hydrogen-bond donors (Lipinski definition) is 0. The molecule has 3 aliphatic carbocycles. The molecule has 8 atom stereocenters. The fourth-order valence-electron chi connectivity index (χ4n) is 7.60. The molecule has 0 unspecified atom stereocenters. The second-order valence-electron chi connectivity index (χ2n) is 12.8. The Kier molecular flexibility index (Phi) is 9.22. The number of carbonyl (C=O) groups excluding carboxylic acids is 3. The molecule has 0 saturated heterocycles. The van der Waals surface area contributed by atoms with E-state index in [4.69, 9.17) is 18.9 Å². The van der Waals surface area contributed by atoms with Gasteiger partial charge in [0.2, 0.25) is 0 Å². The van der Waals surface area contributed by atoms with Crippen molar-refractivity contribution in [1.82, 2.24) is 0 Å². The summed E-state index contributed by atoms with van der Waals surface area (Å²) in [6.45, 7) is 22.3. The van der Waals surface area contributed by atoms with Crippen LogP contribution in [-0.2, 0) is 33.3 Å². The van der Waals surface area contributed by atoms with Crippen molar-refractivity contribution in [3.8, 4) is 0 Å². The third-order valence-electron chi connectivity index (χ3n) is 9.30. The van der Waals surface area contributed by atoms with Gasteiger partial charge < -0.3 is 18.9 Å². The summed E-state index contributed by atoms with van der Waals surface area (Å²) in [4.78, 5) is 37.0. The summed E-state index contributed by atoms with van der Waals surface area (Å²) >= 11 is 0. The summed E-state index contributed by atoms with van der Waals surface area (Å²) in [5.74, 6) is -1.17. The molecule has 214 valence electrons. The van der Waals surface area contributed by atoms with Crippen molar-refractivity contribution >= 4 is 17.9 Å². The first kappa shape index (κ1) is 30.4. The SMILES string of the molecule is C=C1[C@@H](OC(C)=O)CC[C@@]2(C)C[C@H](OC(C)=O)C3=C(C)C[C@H](OC[C@@H](C)CC)[C@@H]([C@@H](OC(C)=O)[C@H]12)C3(C)C. The van der Waals surface area contributed by atoms with Crippen molar-refractivity contribution in [2.75, 3.05) is 6.61 Å². The van der Waals surface area contributed by atoms with E-state index in [0.29, 0.717) is 38.2 Å². The Labute approximate surface area is 228 Å². The number of fused-ring (bicyclic) bond motifs is 3. The minimum absolute atomic E-state index is 0.200. The minimum atomic E-state index is -0.540. The van der Waals surface area contributed by atoms with Crippen LogP contribution in [0.25, 0.3) is 0 Å². The van der Waals surface area contributed by atoms with E-state index in [9.17, 15) is 14.4 Å². The number of carbonyl (C=O) groups is 3. The highest BCUT2D eigenvalue weighted by Gasteiger charge is 2.61. The van der Waals surface area contributed by atoms with Gasteiger partial charge in [0.05, 0.1) is 6.10 Å². The summed E-state index contributed by atoms with van der Waals surface area (Å²) < 4.78 is 24.7. The summed E-state index contributed by atoms with van der Waals surface area (Å²) in [5, 5.41) is 0. The molecule has 2 fully saturated rings. The Balaban J connectivity index is 2.24. The number of esters is 3. The van der Waals surface area contributed by atoms with Crippen molar-refractivity contribution in [3.05, 3.63) is 23.3 Å². The maximum absolute atomic E-state index is 12.7. The Morgan fingerprint density at radius 1 is 1.00 bits per heavy atom. The Hall–Kier alpha value is -2.15. The van der Waals surface area contributed by atoms with Crippen LogP contribution in [0.3, 0.4) is 0 Å². The predicted molar refractivity (Wildman–Crippen MR) is 145 cm³/mol. The van der Waals surface area contributed by atoms with Crippen LogP contribution in [0.5, 0.6) is 0 Å². The second kappa shape index (κ2) is 11.5. The molecule has 0 N–H and O–H groups in total. The molecule has 0 aromatic heterocycles. The molecule has 38 heavy (non-hydrogen) atoms. The van der Waals surface area contributed by atoms with Gasteiger partial charge in [-0.1, -0.05) is 53.2 Å². The van der Waals surface area contributed by atoms with Crippen LogP contribution in [-0.4, -0.2) is 48.9 Å². The van der Waals surface area contributed by atoms with Crippen LogP contribution in [0.1, 0.15) is 94.4 Å².